The van der Waals surface area contributed by atoms with Crippen LogP contribution in [0.1, 0.15) is 33.2 Å². The van der Waals surface area contributed by atoms with Gasteiger partial charge in [0.05, 0.1) is 13.2 Å². The van der Waals surface area contributed by atoms with Crippen LogP contribution in [0.3, 0.4) is 0 Å². The standard InChI is InChI=1S/C10H12O6S.2Na/c1-3-15-9(13)7-5(11)6(12)8(17-7)10(14)16-4-2;;/h11-12H,3-4H2,1-2H3;;/q;2*+1/p-2. The van der Waals surface area contributed by atoms with E-state index >= 15 is 0 Å². The maximum Gasteiger partial charge on any atom is 1.00 e. The van der Waals surface area contributed by atoms with Gasteiger partial charge < -0.3 is 19.7 Å². The van der Waals surface area contributed by atoms with Crippen molar-refractivity contribution in [2.75, 3.05) is 13.2 Å². The third kappa shape index (κ3) is 5.26. The second-order valence-electron chi connectivity index (χ2n) is 2.86. The van der Waals surface area contributed by atoms with Crippen LogP contribution in [-0.2, 0) is 9.47 Å². The summed E-state index contributed by atoms with van der Waals surface area (Å²) < 4.78 is 9.19. The minimum absolute atomic E-state index is 0. The first-order valence-electron chi connectivity index (χ1n) is 4.87. The molecule has 0 bridgehead atoms. The fraction of sp³-hybridized carbons (Fsp3) is 0.400. The van der Waals surface area contributed by atoms with E-state index < -0.39 is 23.4 Å². The van der Waals surface area contributed by atoms with E-state index in [4.69, 9.17) is 0 Å². The van der Waals surface area contributed by atoms with Crippen LogP contribution in [0, 0.1) is 0 Å². The monoisotopic (exact) mass is 304 g/mol. The Labute approximate surface area is 158 Å². The molecule has 1 aromatic rings. The maximum atomic E-state index is 11.4. The van der Waals surface area contributed by atoms with Crippen LogP contribution in [0.15, 0.2) is 0 Å². The minimum Gasteiger partial charge on any atom is -0.872 e. The molecule has 0 spiro atoms. The quantitative estimate of drug-likeness (QED) is 0.406. The molecule has 0 aliphatic carbocycles. The van der Waals surface area contributed by atoms with Crippen LogP contribution in [0.25, 0.3) is 0 Å². The molecule has 94 valence electrons. The summed E-state index contributed by atoms with van der Waals surface area (Å²) in [5.41, 5.74) is 0. The summed E-state index contributed by atoms with van der Waals surface area (Å²) in [7, 11) is 0. The summed E-state index contributed by atoms with van der Waals surface area (Å²) in [6.45, 7) is 3.30. The van der Waals surface area contributed by atoms with Crippen molar-refractivity contribution in [3.63, 3.8) is 0 Å². The van der Waals surface area contributed by atoms with Crippen LogP contribution in [0.5, 0.6) is 11.5 Å². The van der Waals surface area contributed by atoms with Crippen molar-refractivity contribution in [2.45, 2.75) is 13.8 Å². The Kier molecular flexibility index (Phi) is 11.4. The summed E-state index contributed by atoms with van der Waals surface area (Å²) in [5, 5.41) is 22.8. The second-order valence-corrected chi connectivity index (χ2v) is 3.88. The fourth-order valence-corrected chi connectivity index (χ4v) is 1.92. The molecule has 1 rings (SSSR count). The first-order valence-corrected chi connectivity index (χ1v) is 5.69. The van der Waals surface area contributed by atoms with Gasteiger partial charge in [0, 0.05) is 0 Å². The average Bonchev–Trinajstić information content (AvgIpc) is 2.57. The van der Waals surface area contributed by atoms with Crippen LogP contribution in [-0.4, -0.2) is 25.2 Å². The summed E-state index contributed by atoms with van der Waals surface area (Å²) in [4.78, 5) is 21.8. The zero-order chi connectivity index (χ0) is 13.0. The van der Waals surface area contributed by atoms with Crippen LogP contribution in [0.4, 0.5) is 0 Å². The molecule has 0 fully saturated rings. The first-order chi connectivity index (χ1) is 8.02. The molecule has 9 heteroatoms. The van der Waals surface area contributed by atoms with E-state index in [1.54, 1.807) is 13.8 Å². The molecule has 0 radical (unpaired) electrons. The van der Waals surface area contributed by atoms with Gasteiger partial charge in [0.25, 0.3) is 0 Å². The smallest absolute Gasteiger partial charge is 0.872 e. The number of esters is 2. The predicted octanol–water partition coefficient (Wildman–Crippen LogP) is -5.74. The Bertz CT molecular complexity index is 407. The zero-order valence-electron chi connectivity index (χ0n) is 11.3. The van der Waals surface area contributed by atoms with E-state index in [-0.39, 0.29) is 82.1 Å². The van der Waals surface area contributed by atoms with Crippen molar-refractivity contribution in [1.82, 2.24) is 0 Å². The van der Waals surface area contributed by atoms with Gasteiger partial charge in [-0.1, -0.05) is 11.5 Å². The molecule has 0 saturated heterocycles. The minimum atomic E-state index is -1.02. The number of hydrogen-bond donors (Lipinski definition) is 0. The van der Waals surface area contributed by atoms with Crippen LogP contribution < -0.4 is 69.3 Å². The van der Waals surface area contributed by atoms with Crippen molar-refractivity contribution in [3.05, 3.63) is 9.75 Å². The Morgan fingerprint density at radius 3 is 1.53 bits per heavy atom. The molecule has 0 unspecified atom stereocenters. The van der Waals surface area contributed by atoms with Gasteiger partial charge in [0.1, 0.15) is 9.75 Å². The molecule has 0 aliphatic heterocycles. The van der Waals surface area contributed by atoms with Gasteiger partial charge in [0.2, 0.25) is 0 Å². The van der Waals surface area contributed by atoms with Gasteiger partial charge in [-0.25, -0.2) is 9.59 Å². The summed E-state index contributed by atoms with van der Waals surface area (Å²) >= 11 is 0.508. The molecule has 1 heterocycles. The normalized spacial score (nSPS) is 8.95. The van der Waals surface area contributed by atoms with E-state index in [2.05, 4.69) is 9.47 Å². The SMILES string of the molecule is CCOC(=O)c1sc(C(=O)OCC)c([O-])c1[O-].[Na+].[Na+]. The molecule has 0 N–H and O–H groups in total. The molecule has 0 aromatic carbocycles. The molecular weight excluding hydrogens is 294 g/mol. The maximum absolute atomic E-state index is 11.4. The van der Waals surface area contributed by atoms with Crippen molar-refractivity contribution < 1.29 is 88.4 Å². The number of thiophene rings is 1. The van der Waals surface area contributed by atoms with E-state index in [0.717, 1.165) is 0 Å². The fourth-order valence-electron chi connectivity index (χ4n) is 1.06. The largest absolute Gasteiger partial charge is 1.00 e. The second kappa shape index (κ2) is 10.0. The number of carbonyl (C=O) groups is 2. The molecule has 19 heavy (non-hydrogen) atoms. The van der Waals surface area contributed by atoms with Crippen molar-refractivity contribution in [3.8, 4) is 11.5 Å². The molecule has 0 amide bonds. The summed E-state index contributed by atoms with van der Waals surface area (Å²) in [6, 6.07) is 0. The van der Waals surface area contributed by atoms with Crippen LogP contribution >= 0.6 is 11.3 Å². The molecule has 0 saturated carbocycles. The van der Waals surface area contributed by atoms with Crippen molar-refractivity contribution >= 4 is 23.3 Å². The summed E-state index contributed by atoms with van der Waals surface area (Å²) in [6.07, 6.45) is 0. The van der Waals surface area contributed by atoms with Crippen molar-refractivity contribution in [2.24, 2.45) is 0 Å². The average molecular weight is 304 g/mol. The van der Waals surface area contributed by atoms with E-state index in [9.17, 15) is 19.8 Å². The Morgan fingerprint density at radius 2 is 1.26 bits per heavy atom. The molecule has 0 atom stereocenters. The Hall–Kier alpha value is 0.240. The predicted molar refractivity (Wildman–Crippen MR) is 55.1 cm³/mol. The van der Waals surface area contributed by atoms with Gasteiger partial charge >= 0.3 is 71.1 Å². The van der Waals surface area contributed by atoms with Gasteiger partial charge in [-0.15, -0.1) is 11.3 Å². The third-order valence-corrected chi connectivity index (χ3v) is 2.86. The third-order valence-electron chi connectivity index (χ3n) is 1.74. The molecule has 6 nitrogen and oxygen atoms in total. The van der Waals surface area contributed by atoms with Gasteiger partial charge in [-0.3, -0.25) is 0 Å². The van der Waals surface area contributed by atoms with Crippen molar-refractivity contribution in [1.29, 1.82) is 0 Å². The van der Waals surface area contributed by atoms with E-state index in [0.29, 0.717) is 11.3 Å². The first kappa shape index (κ1) is 21.5. The zero-order valence-corrected chi connectivity index (χ0v) is 16.1. The summed E-state index contributed by atoms with van der Waals surface area (Å²) in [5.74, 6) is -3.82. The van der Waals surface area contributed by atoms with Crippen LogP contribution in [0.2, 0.25) is 0 Å². The molecular formula is C10H10Na2O6S. The van der Waals surface area contributed by atoms with E-state index in [1.807, 2.05) is 0 Å². The number of ether oxygens (including phenoxy) is 2. The number of hydrogen-bond acceptors (Lipinski definition) is 7. The van der Waals surface area contributed by atoms with E-state index in [1.165, 1.54) is 0 Å². The molecule has 0 aliphatic rings. The number of carbonyl (C=O) groups excluding carboxylic acids is 2. The number of rotatable bonds is 4. The molecule has 1 aromatic heterocycles. The Morgan fingerprint density at radius 1 is 0.947 bits per heavy atom. The van der Waals surface area contributed by atoms with Gasteiger partial charge in [-0.05, 0) is 13.8 Å². The van der Waals surface area contributed by atoms with Gasteiger partial charge in [0.15, 0.2) is 0 Å². The van der Waals surface area contributed by atoms with Gasteiger partial charge in [-0.2, -0.15) is 0 Å². The Balaban J connectivity index is 0. The topological polar surface area (TPSA) is 98.7 Å².